The van der Waals surface area contributed by atoms with Crippen LogP contribution in [0, 0.1) is 5.41 Å². The second-order valence-electron chi connectivity index (χ2n) is 7.95. The number of carbonyl (C=O) groups excluding carboxylic acids is 2. The molecule has 0 spiro atoms. The fourth-order valence-electron chi connectivity index (χ4n) is 3.35. The molecular weight excluding hydrogens is 374 g/mol. The fourth-order valence-corrected chi connectivity index (χ4v) is 4.37. The molecule has 150 valence electrons. The van der Waals surface area contributed by atoms with Crippen LogP contribution in [0.4, 0.5) is 16.2 Å². The zero-order valence-electron chi connectivity index (χ0n) is 16.7. The number of ether oxygens (including phenoxy) is 1. The quantitative estimate of drug-likeness (QED) is 0.756. The molecule has 1 fully saturated rings. The third-order valence-electron chi connectivity index (χ3n) is 4.77. The van der Waals surface area contributed by atoms with E-state index in [9.17, 15) is 9.59 Å². The predicted octanol–water partition coefficient (Wildman–Crippen LogP) is 4.79. The summed E-state index contributed by atoms with van der Waals surface area (Å²) in [7, 11) is 1.58. The number of benzene rings is 1. The van der Waals surface area contributed by atoms with Crippen molar-refractivity contribution < 1.29 is 14.3 Å². The number of carbonyl (C=O) groups is 2. The lowest BCUT2D eigenvalue weighted by molar-refractivity contribution is -0.117. The van der Waals surface area contributed by atoms with Crippen molar-refractivity contribution in [3.63, 3.8) is 0 Å². The monoisotopic (exact) mass is 401 g/mol. The lowest BCUT2D eigenvalue weighted by Gasteiger charge is -2.30. The summed E-state index contributed by atoms with van der Waals surface area (Å²) in [5.41, 5.74) is 1.18. The van der Waals surface area contributed by atoms with Crippen LogP contribution in [0.2, 0.25) is 0 Å². The molecule has 28 heavy (non-hydrogen) atoms. The smallest absolute Gasteiger partial charge is 0.319 e. The van der Waals surface area contributed by atoms with Crippen molar-refractivity contribution in [2.45, 2.75) is 39.7 Å². The second kappa shape index (κ2) is 8.22. The van der Waals surface area contributed by atoms with E-state index in [1.165, 1.54) is 0 Å². The van der Waals surface area contributed by atoms with E-state index in [1.807, 2.05) is 17.5 Å². The maximum atomic E-state index is 12.7. The molecule has 7 heteroatoms. The minimum atomic E-state index is -0.280. The first kappa shape index (κ1) is 20.2. The Kier molecular flexibility index (Phi) is 5.93. The first-order valence-electron chi connectivity index (χ1n) is 9.39. The van der Waals surface area contributed by atoms with Crippen LogP contribution in [-0.4, -0.2) is 25.6 Å². The zero-order chi connectivity index (χ0) is 20.3. The highest BCUT2D eigenvalue weighted by Crippen LogP contribution is 2.36. The van der Waals surface area contributed by atoms with Crippen molar-refractivity contribution in [1.29, 1.82) is 0 Å². The molecule has 2 heterocycles. The van der Waals surface area contributed by atoms with E-state index >= 15 is 0 Å². The van der Waals surface area contributed by atoms with Crippen molar-refractivity contribution in [1.82, 2.24) is 5.32 Å². The average Bonchev–Trinajstić information content (AvgIpc) is 3.30. The third kappa shape index (κ3) is 4.47. The highest BCUT2D eigenvalue weighted by atomic mass is 32.1. The summed E-state index contributed by atoms with van der Waals surface area (Å²) < 4.78 is 5.40. The van der Waals surface area contributed by atoms with Gasteiger partial charge in [0.15, 0.2) is 0 Å². The minimum absolute atomic E-state index is 0.0744. The van der Waals surface area contributed by atoms with Crippen molar-refractivity contribution in [3.8, 4) is 5.75 Å². The summed E-state index contributed by atoms with van der Waals surface area (Å²) >= 11 is 1.63. The molecule has 0 aliphatic carbocycles. The standard InChI is InChI=1S/C21H27N3O3S/c1-21(2,3)19(17-7-6-12-28-17)23-20(26)22-14-9-10-16(27-4)15(13-14)24-11-5-8-18(24)25/h6-7,9-10,12-13,19H,5,8,11H2,1-4H3,(H2,22,23,26)/t19-/m1/s1. The van der Waals surface area contributed by atoms with Gasteiger partial charge in [-0.15, -0.1) is 11.3 Å². The highest BCUT2D eigenvalue weighted by Gasteiger charge is 2.29. The van der Waals surface area contributed by atoms with Gasteiger partial charge < -0.3 is 20.3 Å². The molecule has 1 aromatic carbocycles. The van der Waals surface area contributed by atoms with Gasteiger partial charge in [-0.2, -0.15) is 0 Å². The minimum Gasteiger partial charge on any atom is -0.495 e. The molecule has 0 radical (unpaired) electrons. The molecule has 0 unspecified atom stereocenters. The van der Waals surface area contributed by atoms with Crippen molar-refractivity contribution in [3.05, 3.63) is 40.6 Å². The Morgan fingerprint density at radius 2 is 2.07 bits per heavy atom. The third-order valence-corrected chi connectivity index (χ3v) is 5.71. The van der Waals surface area contributed by atoms with E-state index in [4.69, 9.17) is 4.74 Å². The second-order valence-corrected chi connectivity index (χ2v) is 8.93. The Labute approximate surface area is 169 Å². The largest absolute Gasteiger partial charge is 0.495 e. The number of amides is 3. The van der Waals surface area contributed by atoms with E-state index < -0.39 is 0 Å². The van der Waals surface area contributed by atoms with Crippen LogP contribution < -0.4 is 20.3 Å². The molecule has 1 aromatic heterocycles. The maximum Gasteiger partial charge on any atom is 0.319 e. The molecule has 0 saturated carbocycles. The summed E-state index contributed by atoms with van der Waals surface area (Å²) in [6, 6.07) is 8.98. The number of rotatable bonds is 5. The summed E-state index contributed by atoms with van der Waals surface area (Å²) in [5.74, 6) is 0.692. The molecule has 1 aliphatic heterocycles. The number of hydrogen-bond donors (Lipinski definition) is 2. The SMILES string of the molecule is COc1ccc(NC(=O)N[C@H](c2cccs2)C(C)(C)C)cc1N1CCCC1=O. The summed E-state index contributed by atoms with van der Waals surface area (Å²) in [5, 5.41) is 7.99. The van der Waals surface area contributed by atoms with E-state index in [0.29, 0.717) is 30.1 Å². The van der Waals surface area contributed by atoms with Crippen molar-refractivity contribution in [2.24, 2.45) is 5.41 Å². The molecule has 2 N–H and O–H groups in total. The molecule has 1 saturated heterocycles. The normalized spacial score (nSPS) is 15.4. The topological polar surface area (TPSA) is 70.7 Å². The van der Waals surface area contributed by atoms with E-state index in [-0.39, 0.29) is 23.4 Å². The lowest BCUT2D eigenvalue weighted by atomic mass is 9.86. The van der Waals surface area contributed by atoms with Crippen LogP contribution in [0.1, 0.15) is 44.5 Å². The average molecular weight is 402 g/mol. The van der Waals surface area contributed by atoms with Gasteiger partial charge in [0.05, 0.1) is 18.8 Å². The van der Waals surface area contributed by atoms with Gasteiger partial charge in [-0.3, -0.25) is 4.79 Å². The number of hydrogen-bond acceptors (Lipinski definition) is 4. The van der Waals surface area contributed by atoms with Gasteiger partial charge in [0.2, 0.25) is 5.91 Å². The summed E-state index contributed by atoms with van der Waals surface area (Å²) in [4.78, 5) is 27.6. The Bertz CT molecular complexity index is 843. The Morgan fingerprint density at radius 3 is 2.64 bits per heavy atom. The van der Waals surface area contributed by atoms with Gasteiger partial charge in [-0.1, -0.05) is 26.8 Å². The van der Waals surface area contributed by atoms with E-state index in [0.717, 1.165) is 11.3 Å². The van der Waals surface area contributed by atoms with Crippen LogP contribution >= 0.6 is 11.3 Å². The molecule has 1 aliphatic rings. The van der Waals surface area contributed by atoms with Crippen LogP contribution in [0.5, 0.6) is 5.75 Å². The number of thiophene rings is 1. The summed E-state index contributed by atoms with van der Waals surface area (Å²) in [6.07, 6.45) is 1.36. The molecule has 3 amide bonds. The Hall–Kier alpha value is -2.54. The Morgan fingerprint density at radius 1 is 1.29 bits per heavy atom. The number of urea groups is 1. The summed E-state index contributed by atoms with van der Waals surface area (Å²) in [6.45, 7) is 6.96. The van der Waals surface area contributed by atoms with Gasteiger partial charge in [0, 0.05) is 23.5 Å². The van der Waals surface area contributed by atoms with E-state index in [1.54, 1.807) is 41.5 Å². The van der Waals surface area contributed by atoms with Crippen LogP contribution in [0.3, 0.4) is 0 Å². The molecule has 6 nitrogen and oxygen atoms in total. The van der Waals surface area contributed by atoms with Gasteiger partial charge in [-0.25, -0.2) is 4.79 Å². The van der Waals surface area contributed by atoms with Gasteiger partial charge in [-0.05, 0) is 41.5 Å². The molecule has 1 atom stereocenters. The van der Waals surface area contributed by atoms with Gasteiger partial charge >= 0.3 is 6.03 Å². The highest BCUT2D eigenvalue weighted by molar-refractivity contribution is 7.10. The number of nitrogens with one attached hydrogen (secondary N) is 2. The van der Waals surface area contributed by atoms with Crippen molar-refractivity contribution >= 4 is 34.6 Å². The lowest BCUT2D eigenvalue weighted by Crippen LogP contribution is -2.38. The van der Waals surface area contributed by atoms with Crippen LogP contribution in [0.25, 0.3) is 0 Å². The molecule has 3 rings (SSSR count). The first-order valence-corrected chi connectivity index (χ1v) is 10.3. The van der Waals surface area contributed by atoms with Crippen molar-refractivity contribution in [2.75, 3.05) is 23.9 Å². The van der Waals surface area contributed by atoms with Crippen LogP contribution in [-0.2, 0) is 4.79 Å². The molecular formula is C21H27N3O3S. The molecule has 0 bridgehead atoms. The predicted molar refractivity (Wildman–Crippen MR) is 113 cm³/mol. The first-order chi connectivity index (χ1) is 13.3. The van der Waals surface area contributed by atoms with Gasteiger partial charge in [0.25, 0.3) is 0 Å². The Balaban J connectivity index is 1.77. The zero-order valence-corrected chi connectivity index (χ0v) is 17.6. The maximum absolute atomic E-state index is 12.7. The number of anilines is 2. The van der Waals surface area contributed by atoms with Crippen LogP contribution in [0.15, 0.2) is 35.7 Å². The van der Waals surface area contributed by atoms with Gasteiger partial charge in [0.1, 0.15) is 5.75 Å². The number of methoxy groups -OCH3 is 1. The molecule has 2 aromatic rings. The number of nitrogens with zero attached hydrogens (tertiary/aromatic N) is 1. The van der Waals surface area contributed by atoms with E-state index in [2.05, 4.69) is 31.4 Å². The fraction of sp³-hybridized carbons (Fsp3) is 0.429.